The van der Waals surface area contributed by atoms with Crippen molar-refractivity contribution in [2.24, 2.45) is 0 Å². The van der Waals surface area contributed by atoms with Crippen LogP contribution in [-0.4, -0.2) is 0 Å². The lowest BCUT2D eigenvalue weighted by Crippen LogP contribution is -2.29. The van der Waals surface area contributed by atoms with E-state index in [1.807, 2.05) is 0 Å². The van der Waals surface area contributed by atoms with E-state index in [2.05, 4.69) is 367 Å². The van der Waals surface area contributed by atoms with Crippen LogP contribution < -0.4 is 0 Å². The van der Waals surface area contributed by atoms with Crippen molar-refractivity contribution in [2.75, 3.05) is 0 Å². The molecule has 0 heterocycles. The Kier molecular flexibility index (Phi) is 12.7. The van der Waals surface area contributed by atoms with E-state index < -0.39 is 10.8 Å². The summed E-state index contributed by atoms with van der Waals surface area (Å²) in [6.45, 7) is 9.09. The van der Waals surface area contributed by atoms with Crippen LogP contribution in [-0.2, 0) is 16.2 Å². The summed E-state index contributed by atoms with van der Waals surface area (Å²) in [6, 6.07) is 130. The lowest BCUT2D eigenvalue weighted by molar-refractivity contribution is 0.660. The first-order chi connectivity index (χ1) is 47.6. The highest BCUT2D eigenvalue weighted by Gasteiger charge is 2.50. The molecule has 3 aliphatic rings. The molecule has 3 aliphatic carbocycles. The molecule has 0 bridgehead atoms. The molecule has 0 saturated heterocycles. The highest BCUT2D eigenvalue weighted by molar-refractivity contribution is 6.03. The molecule has 456 valence electrons. The lowest BCUT2D eigenvalue weighted by Gasteiger charge is -2.35. The summed E-state index contributed by atoms with van der Waals surface area (Å²) in [6.07, 6.45) is 0. The van der Waals surface area contributed by atoms with Crippen LogP contribution in [0.3, 0.4) is 0 Å². The second kappa shape index (κ2) is 21.7. The minimum Gasteiger partial charge on any atom is -0.0622 e. The summed E-state index contributed by atoms with van der Waals surface area (Å²) < 4.78 is 0. The molecule has 16 aromatic carbocycles. The lowest BCUT2D eigenvalue weighted by atomic mass is 9.66. The maximum Gasteiger partial charge on any atom is 0.0714 e. The Morgan fingerprint density at radius 1 is 0.186 bits per heavy atom. The van der Waals surface area contributed by atoms with Crippen molar-refractivity contribution < 1.29 is 0 Å². The van der Waals surface area contributed by atoms with E-state index in [0.717, 1.165) is 0 Å². The van der Waals surface area contributed by atoms with Crippen molar-refractivity contribution in [2.45, 2.75) is 43.9 Å². The topological polar surface area (TPSA) is 0 Å². The first-order valence-electron chi connectivity index (χ1n) is 34.3. The summed E-state index contributed by atoms with van der Waals surface area (Å²) in [7, 11) is 0. The van der Waals surface area contributed by atoms with Gasteiger partial charge in [0.2, 0.25) is 0 Å². The monoisotopic (exact) mass is 1230 g/mol. The Labute approximate surface area is 568 Å². The van der Waals surface area contributed by atoms with Gasteiger partial charge in [-0.05, 0) is 239 Å². The highest BCUT2D eigenvalue weighted by Crippen LogP contribution is 2.62. The molecule has 19 rings (SSSR count). The predicted molar refractivity (Wildman–Crippen MR) is 408 cm³/mol. The standard InChI is InChI=1S/C97H68/c1-61-39-41-66-54-71(46-43-64(66)51-61)75-59-85(72-22-18-28-79(58-72)96(76-23-7-5-8-24-76)87-35-15-12-30-83(87)93-81(33-20-38-90(93)96)74-49-47-65-52-62(2)40-42-67(65)55-74)94-84-31-13-16-36-88(84)97(91(94)60-75,77-25-9-6-10-26-77)78-27-17-21-63(57-78)68-44-45-70-56-73(50-48-69(70)53-68)80-32-19-37-89-92(80)82-29-11-14-34-86(82)95(89,3)4/h5-60H,1-4H3. The van der Waals surface area contributed by atoms with Crippen LogP contribution >= 0.6 is 0 Å². The zero-order chi connectivity index (χ0) is 64.7. The highest BCUT2D eigenvalue weighted by atomic mass is 14.5. The molecular formula is C97H68. The molecule has 0 fully saturated rings. The van der Waals surface area contributed by atoms with E-state index in [4.69, 9.17) is 0 Å². The zero-order valence-corrected chi connectivity index (χ0v) is 54.8. The number of fused-ring (bicyclic) bond motifs is 12. The second-order valence-corrected chi connectivity index (χ2v) is 28.0. The van der Waals surface area contributed by atoms with Crippen LogP contribution in [0.2, 0.25) is 0 Å². The number of rotatable bonds is 9. The van der Waals surface area contributed by atoms with Gasteiger partial charge in [0.1, 0.15) is 0 Å². The van der Waals surface area contributed by atoms with Gasteiger partial charge in [0.25, 0.3) is 0 Å². The second-order valence-electron chi connectivity index (χ2n) is 28.0. The minimum absolute atomic E-state index is 0.0636. The Hall–Kier alpha value is -11.7. The summed E-state index contributed by atoms with van der Waals surface area (Å²) >= 11 is 0. The molecule has 0 spiro atoms. The van der Waals surface area contributed by atoms with E-state index in [1.54, 1.807) is 0 Å². The molecule has 97 heavy (non-hydrogen) atoms. The normalized spacial score (nSPS) is 16.0. The van der Waals surface area contributed by atoms with Crippen LogP contribution in [0.5, 0.6) is 0 Å². The summed E-state index contributed by atoms with van der Waals surface area (Å²) in [5.74, 6) is 0. The SMILES string of the molecule is Cc1ccc2cc(-c3cc(-c4cccc(C5(c6ccccc6)c6ccccc6-c6c(-c7ccc8cc(C)ccc8c7)cccc65)c4)c4c(c3)C(c3ccccc3)(c3cccc(-c5ccc6cc(-c7cccc8c7-c7ccccc7C8(C)C)ccc6c5)c3)c3ccccc3-4)ccc2c1. The Balaban J connectivity index is 0.816. The molecular weight excluding hydrogens is 1170 g/mol. The molecule has 0 aromatic heterocycles. The van der Waals surface area contributed by atoms with Gasteiger partial charge in [-0.15, -0.1) is 0 Å². The third kappa shape index (κ3) is 8.49. The average molecular weight is 1230 g/mol. The molecule has 0 heteroatoms. The van der Waals surface area contributed by atoms with Gasteiger partial charge in [-0.1, -0.05) is 316 Å². The summed E-state index contributed by atoms with van der Waals surface area (Å²) in [5.41, 5.74) is 33.8. The van der Waals surface area contributed by atoms with Crippen LogP contribution in [0.4, 0.5) is 0 Å². The van der Waals surface area contributed by atoms with Gasteiger partial charge in [-0.2, -0.15) is 0 Å². The van der Waals surface area contributed by atoms with E-state index >= 15 is 0 Å². The van der Waals surface area contributed by atoms with Crippen molar-refractivity contribution in [3.63, 3.8) is 0 Å². The number of hydrogen-bond acceptors (Lipinski definition) is 0. The number of hydrogen-bond donors (Lipinski definition) is 0. The zero-order valence-electron chi connectivity index (χ0n) is 54.8. The fraction of sp³-hybridized carbons (Fsp3) is 0.0722. The van der Waals surface area contributed by atoms with Crippen molar-refractivity contribution in [3.05, 3.63) is 406 Å². The quantitative estimate of drug-likeness (QED) is 0.135. The van der Waals surface area contributed by atoms with E-state index in [1.165, 1.54) is 188 Å². The molecule has 2 unspecified atom stereocenters. The number of aryl methyl sites for hydroxylation is 2. The minimum atomic E-state index is -0.721. The molecule has 0 radical (unpaired) electrons. The van der Waals surface area contributed by atoms with Crippen LogP contribution in [0.15, 0.2) is 340 Å². The molecule has 0 saturated carbocycles. The Bertz CT molecular complexity index is 5940. The van der Waals surface area contributed by atoms with Crippen LogP contribution in [0.25, 0.3) is 121 Å². The van der Waals surface area contributed by atoms with E-state index in [0.29, 0.717) is 0 Å². The van der Waals surface area contributed by atoms with E-state index in [-0.39, 0.29) is 5.41 Å². The molecule has 0 aliphatic heterocycles. The smallest absolute Gasteiger partial charge is 0.0622 e. The summed E-state index contributed by atoms with van der Waals surface area (Å²) in [4.78, 5) is 0. The maximum absolute atomic E-state index is 2.55. The average Bonchev–Trinajstić information content (AvgIpc) is 1.54. The first kappa shape index (κ1) is 56.8. The fourth-order valence-corrected chi connectivity index (χ4v) is 17.8. The summed E-state index contributed by atoms with van der Waals surface area (Å²) in [5, 5.41) is 7.42. The third-order valence-electron chi connectivity index (χ3n) is 22.3. The molecule has 0 amide bonds. The van der Waals surface area contributed by atoms with Gasteiger partial charge in [0.15, 0.2) is 0 Å². The van der Waals surface area contributed by atoms with Gasteiger partial charge in [0, 0.05) is 5.41 Å². The predicted octanol–water partition coefficient (Wildman–Crippen LogP) is 25.1. The first-order valence-corrected chi connectivity index (χ1v) is 34.3. The third-order valence-corrected chi connectivity index (χ3v) is 22.3. The Morgan fingerprint density at radius 3 is 1.08 bits per heavy atom. The van der Waals surface area contributed by atoms with Crippen LogP contribution in [0.1, 0.15) is 80.6 Å². The van der Waals surface area contributed by atoms with E-state index in [9.17, 15) is 0 Å². The fourth-order valence-electron chi connectivity index (χ4n) is 17.8. The van der Waals surface area contributed by atoms with Gasteiger partial charge < -0.3 is 0 Å². The molecule has 16 aromatic rings. The molecule has 0 nitrogen and oxygen atoms in total. The van der Waals surface area contributed by atoms with Gasteiger partial charge in [-0.25, -0.2) is 0 Å². The van der Waals surface area contributed by atoms with Gasteiger partial charge in [0.05, 0.1) is 10.8 Å². The Morgan fingerprint density at radius 2 is 0.526 bits per heavy atom. The van der Waals surface area contributed by atoms with Crippen molar-refractivity contribution in [1.29, 1.82) is 0 Å². The maximum atomic E-state index is 2.55. The van der Waals surface area contributed by atoms with Crippen LogP contribution in [0, 0.1) is 13.8 Å². The van der Waals surface area contributed by atoms with Gasteiger partial charge in [-0.3, -0.25) is 0 Å². The van der Waals surface area contributed by atoms with Crippen molar-refractivity contribution in [3.8, 4) is 89.0 Å². The van der Waals surface area contributed by atoms with Gasteiger partial charge >= 0.3 is 0 Å². The van der Waals surface area contributed by atoms with Crippen molar-refractivity contribution in [1.82, 2.24) is 0 Å². The number of benzene rings is 16. The largest absolute Gasteiger partial charge is 0.0714 e. The van der Waals surface area contributed by atoms with Crippen molar-refractivity contribution >= 4 is 32.3 Å². The molecule has 0 N–H and O–H groups in total. The molecule has 2 atom stereocenters.